The van der Waals surface area contributed by atoms with Gasteiger partial charge in [-0.2, -0.15) is 8.78 Å². The van der Waals surface area contributed by atoms with Gasteiger partial charge in [0.15, 0.2) is 16.5 Å². The van der Waals surface area contributed by atoms with Crippen LogP contribution in [0, 0.1) is 5.92 Å². The van der Waals surface area contributed by atoms with Gasteiger partial charge in [-0.1, -0.05) is 24.3 Å². The van der Waals surface area contributed by atoms with Crippen molar-refractivity contribution >= 4 is 28.4 Å². The van der Waals surface area contributed by atoms with E-state index in [0.717, 1.165) is 5.56 Å². The molecule has 0 atom stereocenters. The molecule has 0 radical (unpaired) electrons. The van der Waals surface area contributed by atoms with Crippen LogP contribution in [-0.2, 0) is 0 Å². The van der Waals surface area contributed by atoms with Gasteiger partial charge < -0.3 is 14.2 Å². The molecule has 4 aromatic rings. The minimum atomic E-state index is -2.92. The molecule has 5 rings (SSSR count). The number of benzene rings is 2. The Morgan fingerprint density at radius 1 is 1.17 bits per heavy atom. The minimum Gasteiger partial charge on any atom is -0.493 e. The molecule has 1 aliphatic carbocycles. The Kier molecular flexibility index (Phi) is 6.50. The molecule has 35 heavy (non-hydrogen) atoms. The minimum absolute atomic E-state index is 0.0133. The van der Waals surface area contributed by atoms with Crippen molar-refractivity contribution in [3.05, 3.63) is 75.7 Å². The van der Waals surface area contributed by atoms with Crippen molar-refractivity contribution in [3.8, 4) is 28.4 Å². The van der Waals surface area contributed by atoms with Crippen LogP contribution in [0.2, 0.25) is 0 Å². The second-order valence-electron chi connectivity index (χ2n) is 8.10. The molecule has 0 spiro atoms. The Bertz CT molecular complexity index is 1430. The summed E-state index contributed by atoms with van der Waals surface area (Å²) in [6.07, 6.45) is 7.60. The van der Waals surface area contributed by atoms with Crippen LogP contribution in [0.1, 0.15) is 24.1 Å². The highest BCUT2D eigenvalue weighted by Crippen LogP contribution is 2.36. The number of hydrogen-bond acceptors (Lipinski definition) is 6. The number of rotatable bonds is 9. The number of halogens is 2. The normalized spacial score (nSPS) is 13.6. The zero-order valence-electron chi connectivity index (χ0n) is 18.8. The van der Waals surface area contributed by atoms with Crippen molar-refractivity contribution < 1.29 is 23.0 Å². The van der Waals surface area contributed by atoms with Gasteiger partial charge in [-0.3, -0.25) is 9.20 Å². The van der Waals surface area contributed by atoms with Crippen LogP contribution >= 0.6 is 11.3 Å². The Hall–Kier alpha value is -3.72. The molecule has 0 N–H and O–H groups in total. The summed E-state index contributed by atoms with van der Waals surface area (Å²) in [4.78, 5) is 18.6. The number of methoxy groups -OCH3 is 1. The summed E-state index contributed by atoms with van der Waals surface area (Å²) in [5.74, 6) is 1.86. The number of aromatic nitrogens is 2. The lowest BCUT2D eigenvalue weighted by Gasteiger charge is -2.13. The molecule has 180 valence electrons. The van der Waals surface area contributed by atoms with Crippen LogP contribution in [0.5, 0.6) is 17.2 Å². The van der Waals surface area contributed by atoms with Gasteiger partial charge in [0.1, 0.15) is 5.75 Å². The summed E-state index contributed by atoms with van der Waals surface area (Å²) >= 11 is 1.35. The molecule has 6 nitrogen and oxygen atoms in total. The summed E-state index contributed by atoms with van der Waals surface area (Å²) in [5.41, 5.74) is 1.89. The van der Waals surface area contributed by atoms with E-state index in [0.29, 0.717) is 45.8 Å². The number of thiazole rings is 1. The van der Waals surface area contributed by atoms with Gasteiger partial charge in [0.2, 0.25) is 0 Å². The average Bonchev–Trinajstić information content (AvgIpc) is 3.56. The fraction of sp³-hybridized carbons (Fsp3) is 0.231. The van der Waals surface area contributed by atoms with Crippen molar-refractivity contribution in [1.82, 2.24) is 9.38 Å². The predicted molar refractivity (Wildman–Crippen MR) is 132 cm³/mol. The first-order chi connectivity index (χ1) is 17.0. The highest BCUT2D eigenvalue weighted by Gasteiger charge is 2.23. The summed E-state index contributed by atoms with van der Waals surface area (Å²) in [6, 6.07) is 11.6. The monoisotopic (exact) mass is 496 g/mol. The topological polar surface area (TPSA) is 62.1 Å². The third kappa shape index (κ3) is 5.05. The maximum atomic E-state index is 13.3. The molecule has 1 saturated carbocycles. The fourth-order valence-electron chi connectivity index (χ4n) is 3.73. The van der Waals surface area contributed by atoms with Gasteiger partial charge in [0.05, 0.1) is 25.0 Å². The van der Waals surface area contributed by atoms with Gasteiger partial charge in [-0.25, -0.2) is 4.98 Å². The molecule has 0 bridgehead atoms. The molecule has 0 aliphatic heterocycles. The maximum absolute atomic E-state index is 13.3. The molecule has 2 heterocycles. The Balaban J connectivity index is 1.56. The van der Waals surface area contributed by atoms with Gasteiger partial charge in [-0.15, -0.1) is 11.3 Å². The van der Waals surface area contributed by atoms with Gasteiger partial charge in [0.25, 0.3) is 5.56 Å². The number of para-hydroxylation sites is 1. The first kappa shape index (κ1) is 23.0. The Morgan fingerprint density at radius 3 is 2.69 bits per heavy atom. The molecule has 0 unspecified atom stereocenters. The second-order valence-corrected chi connectivity index (χ2v) is 8.98. The van der Waals surface area contributed by atoms with Crippen molar-refractivity contribution in [2.75, 3.05) is 13.7 Å². The molecule has 0 saturated heterocycles. The van der Waals surface area contributed by atoms with E-state index in [9.17, 15) is 13.6 Å². The van der Waals surface area contributed by atoms with Crippen LogP contribution in [0.25, 0.3) is 28.2 Å². The van der Waals surface area contributed by atoms with E-state index in [1.165, 1.54) is 40.7 Å². The van der Waals surface area contributed by atoms with Gasteiger partial charge in [-0.05, 0) is 54.7 Å². The number of nitrogens with zero attached hydrogens (tertiary/aromatic N) is 2. The van der Waals surface area contributed by atoms with E-state index in [1.54, 1.807) is 36.9 Å². The molecular weight excluding hydrogens is 474 g/mol. The summed E-state index contributed by atoms with van der Waals surface area (Å²) in [7, 11) is 1.60. The van der Waals surface area contributed by atoms with Crippen molar-refractivity contribution in [2.45, 2.75) is 19.5 Å². The zero-order valence-corrected chi connectivity index (χ0v) is 19.6. The lowest BCUT2D eigenvalue weighted by atomic mass is 10.0. The predicted octanol–water partition coefficient (Wildman–Crippen LogP) is 5.99. The highest BCUT2D eigenvalue weighted by molar-refractivity contribution is 7.15. The molecule has 1 aliphatic rings. The Morgan fingerprint density at radius 2 is 1.97 bits per heavy atom. The smallest absolute Gasteiger partial charge is 0.387 e. The van der Waals surface area contributed by atoms with E-state index >= 15 is 0 Å². The van der Waals surface area contributed by atoms with Gasteiger partial charge in [0, 0.05) is 17.1 Å². The fourth-order valence-corrected chi connectivity index (χ4v) is 4.44. The van der Waals surface area contributed by atoms with Crippen molar-refractivity contribution in [3.63, 3.8) is 0 Å². The lowest BCUT2D eigenvalue weighted by molar-refractivity contribution is -0.0498. The standard InChI is InChI=1S/C26H22F2N2O4S/c1-32-21-4-2-3-18(23(21)33-15-16-5-6-16)9-12-20-22(24(31)30-13-14-35-26(30)29-20)17-7-10-19(11-8-17)34-25(27)28/h2-4,7-14,16,25H,5-6,15H2,1H3. The van der Waals surface area contributed by atoms with Crippen LogP contribution in [0.3, 0.4) is 0 Å². The summed E-state index contributed by atoms with van der Waals surface area (Å²) < 4.78 is 42.6. The van der Waals surface area contributed by atoms with E-state index in [1.807, 2.05) is 24.3 Å². The van der Waals surface area contributed by atoms with E-state index < -0.39 is 6.61 Å². The SMILES string of the molecule is COc1cccc(C=Cc2nc3sccn3c(=O)c2-c2ccc(OC(F)F)cc2)c1OCC1CC1. The highest BCUT2D eigenvalue weighted by atomic mass is 32.1. The molecular formula is C26H22F2N2O4S. The summed E-state index contributed by atoms with van der Waals surface area (Å²) in [5, 5.41) is 1.78. The second kappa shape index (κ2) is 9.87. The first-order valence-corrected chi connectivity index (χ1v) is 11.9. The quantitative estimate of drug-likeness (QED) is 0.285. The van der Waals surface area contributed by atoms with E-state index in [4.69, 9.17) is 9.47 Å². The van der Waals surface area contributed by atoms with Gasteiger partial charge >= 0.3 is 6.61 Å². The number of fused-ring (bicyclic) bond motifs is 1. The summed E-state index contributed by atoms with van der Waals surface area (Å²) in [6.45, 7) is -2.30. The molecule has 0 amide bonds. The molecule has 2 aromatic carbocycles. The third-order valence-corrected chi connectivity index (χ3v) is 6.43. The van der Waals surface area contributed by atoms with E-state index in [2.05, 4.69) is 9.72 Å². The molecule has 9 heteroatoms. The average molecular weight is 497 g/mol. The Labute approximate surface area is 204 Å². The van der Waals surface area contributed by atoms with Crippen LogP contribution in [-0.4, -0.2) is 29.7 Å². The molecule has 1 fully saturated rings. The van der Waals surface area contributed by atoms with E-state index in [-0.39, 0.29) is 11.3 Å². The zero-order chi connectivity index (χ0) is 24.4. The number of ether oxygens (including phenoxy) is 3. The van der Waals surface area contributed by atoms with Crippen LogP contribution in [0.15, 0.2) is 58.8 Å². The maximum Gasteiger partial charge on any atom is 0.387 e. The lowest BCUT2D eigenvalue weighted by Crippen LogP contribution is -2.17. The van der Waals surface area contributed by atoms with Crippen LogP contribution in [0.4, 0.5) is 8.78 Å². The van der Waals surface area contributed by atoms with Crippen LogP contribution < -0.4 is 19.8 Å². The van der Waals surface area contributed by atoms with Crippen molar-refractivity contribution in [1.29, 1.82) is 0 Å². The number of hydrogen-bond donors (Lipinski definition) is 0. The molecule has 2 aromatic heterocycles. The number of alkyl halides is 2. The third-order valence-electron chi connectivity index (χ3n) is 5.67. The van der Waals surface area contributed by atoms with Crippen molar-refractivity contribution in [2.24, 2.45) is 5.92 Å². The largest absolute Gasteiger partial charge is 0.493 e. The first-order valence-electron chi connectivity index (χ1n) is 11.1.